The minimum atomic E-state index is -1.06. The van der Waals surface area contributed by atoms with E-state index in [1.54, 1.807) is 6.20 Å². The molecule has 0 radical (unpaired) electrons. The van der Waals surface area contributed by atoms with Crippen molar-refractivity contribution in [2.75, 3.05) is 13.2 Å². The molecule has 1 aliphatic heterocycles. The quantitative estimate of drug-likeness (QED) is 0.865. The maximum atomic E-state index is 12.0. The van der Waals surface area contributed by atoms with Crippen LogP contribution in [0.15, 0.2) is 36.5 Å². The second-order valence-corrected chi connectivity index (χ2v) is 5.40. The van der Waals surface area contributed by atoms with Gasteiger partial charge >= 0.3 is 5.97 Å². The number of ether oxygens (including phenoxy) is 1. The van der Waals surface area contributed by atoms with E-state index in [-0.39, 0.29) is 17.5 Å². The predicted octanol–water partition coefficient (Wildman–Crippen LogP) is 1.22. The van der Waals surface area contributed by atoms with Crippen LogP contribution >= 0.6 is 0 Å². The van der Waals surface area contributed by atoms with Gasteiger partial charge in [-0.25, -0.2) is 9.48 Å². The van der Waals surface area contributed by atoms with Gasteiger partial charge in [0.05, 0.1) is 18.2 Å². The number of carbonyl (C=O) groups excluding carboxylic acids is 1. The average Bonchev–Trinajstić information content (AvgIpc) is 3.24. The smallest absolute Gasteiger partial charge is 0.356 e. The Morgan fingerprint density at radius 2 is 2.26 bits per heavy atom. The molecule has 2 aromatic rings. The van der Waals surface area contributed by atoms with Crippen molar-refractivity contribution in [3.8, 4) is 5.69 Å². The first-order valence-electron chi connectivity index (χ1n) is 7.37. The third kappa shape index (κ3) is 3.57. The van der Waals surface area contributed by atoms with Crippen LogP contribution in [0.5, 0.6) is 0 Å². The van der Waals surface area contributed by atoms with Crippen LogP contribution < -0.4 is 5.32 Å². The molecule has 0 aliphatic carbocycles. The van der Waals surface area contributed by atoms with Gasteiger partial charge in [0.15, 0.2) is 5.69 Å². The molecule has 1 amide bonds. The van der Waals surface area contributed by atoms with Crippen molar-refractivity contribution in [1.29, 1.82) is 0 Å². The van der Waals surface area contributed by atoms with Crippen LogP contribution in [0.1, 0.15) is 22.5 Å². The van der Waals surface area contributed by atoms with Crippen molar-refractivity contribution in [3.63, 3.8) is 0 Å². The molecule has 2 heterocycles. The van der Waals surface area contributed by atoms with Gasteiger partial charge in [0.1, 0.15) is 0 Å². The third-order valence-electron chi connectivity index (χ3n) is 3.75. The first kappa shape index (κ1) is 15.2. The standard InChI is InChI=1S/C16H17N3O4/c20-15(12-5-7-23-10-12)17-9-11-2-1-3-13(8-11)19-6-4-14(18-19)16(21)22/h1-4,6,8,12H,5,7,9-10H2,(H,17,20)(H,21,22). The largest absolute Gasteiger partial charge is 0.476 e. The summed E-state index contributed by atoms with van der Waals surface area (Å²) in [5.74, 6) is -1.13. The molecule has 1 atom stereocenters. The Morgan fingerprint density at radius 3 is 2.96 bits per heavy atom. The van der Waals surface area contributed by atoms with E-state index in [2.05, 4.69) is 10.4 Å². The summed E-state index contributed by atoms with van der Waals surface area (Å²) in [5, 5.41) is 15.8. The molecule has 120 valence electrons. The van der Waals surface area contributed by atoms with E-state index < -0.39 is 5.97 Å². The van der Waals surface area contributed by atoms with Crippen molar-refractivity contribution in [1.82, 2.24) is 15.1 Å². The van der Waals surface area contributed by atoms with Crippen molar-refractivity contribution in [2.45, 2.75) is 13.0 Å². The Kier molecular flexibility index (Phi) is 4.38. The fraction of sp³-hybridized carbons (Fsp3) is 0.312. The van der Waals surface area contributed by atoms with Crippen LogP contribution in [0.4, 0.5) is 0 Å². The van der Waals surface area contributed by atoms with Gasteiger partial charge in [0.25, 0.3) is 0 Å². The van der Waals surface area contributed by atoms with Gasteiger partial charge in [0.2, 0.25) is 5.91 Å². The lowest BCUT2D eigenvalue weighted by molar-refractivity contribution is -0.125. The van der Waals surface area contributed by atoms with Crippen LogP contribution in [0.3, 0.4) is 0 Å². The third-order valence-corrected chi connectivity index (χ3v) is 3.75. The highest BCUT2D eigenvalue weighted by Gasteiger charge is 2.22. The fourth-order valence-electron chi connectivity index (χ4n) is 2.47. The summed E-state index contributed by atoms with van der Waals surface area (Å²) >= 11 is 0. The predicted molar refractivity (Wildman–Crippen MR) is 81.3 cm³/mol. The number of aromatic nitrogens is 2. The second-order valence-electron chi connectivity index (χ2n) is 5.40. The molecular weight excluding hydrogens is 298 g/mol. The molecule has 2 N–H and O–H groups in total. The molecule has 0 spiro atoms. The van der Waals surface area contributed by atoms with Crippen LogP contribution in [-0.4, -0.2) is 40.0 Å². The Hall–Kier alpha value is -2.67. The van der Waals surface area contributed by atoms with E-state index in [0.717, 1.165) is 17.7 Å². The number of carboxylic acid groups (broad SMARTS) is 1. The first-order chi connectivity index (χ1) is 11.1. The molecule has 0 saturated carbocycles. The lowest BCUT2D eigenvalue weighted by atomic mass is 10.1. The number of nitrogens with zero attached hydrogens (tertiary/aromatic N) is 2. The highest BCUT2D eigenvalue weighted by atomic mass is 16.5. The van der Waals surface area contributed by atoms with E-state index in [4.69, 9.17) is 9.84 Å². The topological polar surface area (TPSA) is 93.5 Å². The summed E-state index contributed by atoms with van der Waals surface area (Å²) in [6.07, 6.45) is 2.36. The molecule has 23 heavy (non-hydrogen) atoms. The molecule has 7 nitrogen and oxygen atoms in total. The van der Waals surface area contributed by atoms with Crippen LogP contribution in [0.25, 0.3) is 5.69 Å². The number of benzene rings is 1. The van der Waals surface area contributed by atoms with E-state index in [1.165, 1.54) is 10.7 Å². The zero-order chi connectivity index (χ0) is 16.2. The van der Waals surface area contributed by atoms with Gasteiger partial charge in [0, 0.05) is 19.3 Å². The highest BCUT2D eigenvalue weighted by molar-refractivity contribution is 5.85. The van der Waals surface area contributed by atoms with Gasteiger partial charge < -0.3 is 15.2 Å². The van der Waals surface area contributed by atoms with Gasteiger partial charge in [-0.2, -0.15) is 5.10 Å². The van der Waals surface area contributed by atoms with E-state index in [9.17, 15) is 9.59 Å². The SMILES string of the molecule is O=C(O)c1ccn(-c2cccc(CNC(=O)C3CCOC3)c2)n1. The zero-order valence-electron chi connectivity index (χ0n) is 12.4. The van der Waals surface area contributed by atoms with E-state index in [0.29, 0.717) is 19.8 Å². The summed E-state index contributed by atoms with van der Waals surface area (Å²) < 4.78 is 6.71. The first-order valence-corrected chi connectivity index (χ1v) is 7.37. The Labute approximate surface area is 132 Å². The number of rotatable bonds is 5. The highest BCUT2D eigenvalue weighted by Crippen LogP contribution is 2.14. The number of aromatic carboxylic acids is 1. The lowest BCUT2D eigenvalue weighted by Crippen LogP contribution is -2.30. The molecule has 7 heteroatoms. The summed E-state index contributed by atoms with van der Waals surface area (Å²) in [6.45, 7) is 1.53. The lowest BCUT2D eigenvalue weighted by Gasteiger charge is -2.10. The van der Waals surface area contributed by atoms with Crippen molar-refractivity contribution < 1.29 is 19.4 Å². The minimum Gasteiger partial charge on any atom is -0.476 e. The van der Waals surface area contributed by atoms with Gasteiger partial charge in [-0.05, 0) is 30.2 Å². The molecule has 1 aromatic carbocycles. The number of hydrogen-bond donors (Lipinski definition) is 2. The molecule has 1 unspecified atom stereocenters. The minimum absolute atomic E-state index is 0.000144. The average molecular weight is 315 g/mol. The molecule has 1 aliphatic rings. The van der Waals surface area contributed by atoms with Crippen LogP contribution in [0.2, 0.25) is 0 Å². The number of carboxylic acids is 1. The molecule has 3 rings (SSSR count). The Morgan fingerprint density at radius 1 is 1.39 bits per heavy atom. The molecule has 1 fully saturated rings. The van der Waals surface area contributed by atoms with E-state index >= 15 is 0 Å². The van der Waals surface area contributed by atoms with Gasteiger partial charge in [-0.3, -0.25) is 4.79 Å². The van der Waals surface area contributed by atoms with Gasteiger partial charge in [-0.1, -0.05) is 12.1 Å². The van der Waals surface area contributed by atoms with Crippen LogP contribution in [-0.2, 0) is 16.1 Å². The summed E-state index contributed by atoms with van der Waals surface area (Å²) in [4.78, 5) is 22.9. The second kappa shape index (κ2) is 6.62. The molecule has 0 bridgehead atoms. The van der Waals surface area contributed by atoms with Crippen molar-refractivity contribution in [3.05, 3.63) is 47.8 Å². The van der Waals surface area contributed by atoms with Crippen LogP contribution in [0, 0.1) is 5.92 Å². The molecule has 1 saturated heterocycles. The maximum absolute atomic E-state index is 12.0. The fourth-order valence-corrected chi connectivity index (χ4v) is 2.47. The molecular formula is C16H17N3O4. The number of carbonyl (C=O) groups is 2. The summed E-state index contributed by atoms with van der Waals surface area (Å²) in [6, 6.07) is 8.88. The normalized spacial score (nSPS) is 17.1. The maximum Gasteiger partial charge on any atom is 0.356 e. The van der Waals surface area contributed by atoms with Crippen molar-refractivity contribution in [2.24, 2.45) is 5.92 Å². The molecule has 1 aromatic heterocycles. The Balaban J connectivity index is 1.67. The number of hydrogen-bond acceptors (Lipinski definition) is 4. The van der Waals surface area contributed by atoms with Crippen molar-refractivity contribution >= 4 is 11.9 Å². The number of nitrogens with one attached hydrogen (secondary N) is 1. The van der Waals surface area contributed by atoms with Gasteiger partial charge in [-0.15, -0.1) is 0 Å². The van der Waals surface area contributed by atoms with E-state index in [1.807, 2.05) is 24.3 Å². The Bertz CT molecular complexity index is 720. The number of amides is 1. The summed E-state index contributed by atoms with van der Waals surface area (Å²) in [5.41, 5.74) is 1.65. The monoisotopic (exact) mass is 315 g/mol. The zero-order valence-corrected chi connectivity index (χ0v) is 12.4. The summed E-state index contributed by atoms with van der Waals surface area (Å²) in [7, 11) is 0.